The highest BCUT2D eigenvalue weighted by Crippen LogP contribution is 2.21. The molecule has 1 N–H and O–H groups in total. The summed E-state index contributed by atoms with van der Waals surface area (Å²) in [7, 11) is 0. The molecule has 2 heterocycles. The Labute approximate surface area is 199 Å². The Morgan fingerprint density at radius 2 is 1.38 bits per heavy atom. The van der Waals surface area contributed by atoms with E-state index in [1.807, 2.05) is 35.2 Å². The Bertz CT molecular complexity index is 969. The van der Waals surface area contributed by atoms with Gasteiger partial charge in [0.25, 0.3) is 5.91 Å². The number of carbonyl (C=O) groups excluding carboxylic acids is 3. The van der Waals surface area contributed by atoms with Crippen molar-refractivity contribution in [3.63, 3.8) is 0 Å². The van der Waals surface area contributed by atoms with E-state index in [-0.39, 0.29) is 24.3 Å². The van der Waals surface area contributed by atoms with Crippen LogP contribution in [0.3, 0.4) is 0 Å². The van der Waals surface area contributed by atoms with Gasteiger partial charge in [-0.1, -0.05) is 18.2 Å². The summed E-state index contributed by atoms with van der Waals surface area (Å²) in [4.78, 5) is 43.0. The van der Waals surface area contributed by atoms with E-state index in [0.29, 0.717) is 70.3 Å². The average Bonchev–Trinajstić information content (AvgIpc) is 2.89. The fraction of sp³-hybridized carbons (Fsp3) is 0.400. The molecule has 2 aliphatic rings. The van der Waals surface area contributed by atoms with Crippen molar-refractivity contribution in [3.05, 3.63) is 60.2 Å². The van der Waals surface area contributed by atoms with Gasteiger partial charge >= 0.3 is 0 Å². The van der Waals surface area contributed by atoms with Crippen molar-refractivity contribution in [2.45, 2.75) is 0 Å². The van der Waals surface area contributed by atoms with E-state index < -0.39 is 0 Å². The van der Waals surface area contributed by atoms with Crippen LogP contribution in [0.1, 0.15) is 10.4 Å². The second-order valence-corrected chi connectivity index (χ2v) is 8.27. The van der Waals surface area contributed by atoms with Gasteiger partial charge in [-0.2, -0.15) is 0 Å². The topological polar surface area (TPSA) is 91.4 Å². The fourth-order valence-corrected chi connectivity index (χ4v) is 3.93. The Morgan fingerprint density at radius 3 is 2.06 bits per heavy atom. The molecule has 9 heteroatoms. The summed E-state index contributed by atoms with van der Waals surface area (Å²) in [6.45, 7) is 5.11. The zero-order valence-electron chi connectivity index (χ0n) is 19.2. The molecule has 9 nitrogen and oxygen atoms in total. The number of benzene rings is 2. The molecular formula is C25H30N4O5. The van der Waals surface area contributed by atoms with E-state index in [9.17, 15) is 14.4 Å². The third-order valence-corrected chi connectivity index (χ3v) is 5.94. The molecule has 0 radical (unpaired) electrons. The van der Waals surface area contributed by atoms with Crippen LogP contribution in [0.5, 0.6) is 11.5 Å². The summed E-state index contributed by atoms with van der Waals surface area (Å²) in [5.41, 5.74) is 0.458. The maximum absolute atomic E-state index is 12.6. The molecule has 34 heavy (non-hydrogen) atoms. The maximum atomic E-state index is 12.6. The monoisotopic (exact) mass is 466 g/mol. The third kappa shape index (κ3) is 6.55. The number of hydrogen-bond acceptors (Lipinski definition) is 6. The molecular weight excluding hydrogens is 436 g/mol. The number of para-hydroxylation sites is 1. The first-order chi connectivity index (χ1) is 16.6. The molecule has 0 unspecified atom stereocenters. The second kappa shape index (κ2) is 11.6. The van der Waals surface area contributed by atoms with Crippen LogP contribution in [0.2, 0.25) is 0 Å². The van der Waals surface area contributed by atoms with Gasteiger partial charge in [-0.05, 0) is 36.4 Å². The summed E-state index contributed by atoms with van der Waals surface area (Å²) in [5, 5.41) is 2.69. The van der Waals surface area contributed by atoms with Crippen LogP contribution in [-0.4, -0.2) is 98.0 Å². The van der Waals surface area contributed by atoms with Crippen molar-refractivity contribution in [2.24, 2.45) is 0 Å². The summed E-state index contributed by atoms with van der Waals surface area (Å²) >= 11 is 0. The predicted octanol–water partition coefficient (Wildman–Crippen LogP) is 1.21. The SMILES string of the molecule is O=C(NCC(=O)N1CCN(CC(=O)N2CCOCC2)CC1)c1ccc(Oc2ccccc2)cc1. The van der Waals surface area contributed by atoms with Crippen LogP contribution in [0.15, 0.2) is 54.6 Å². The molecule has 0 atom stereocenters. The van der Waals surface area contributed by atoms with E-state index in [1.165, 1.54) is 0 Å². The summed E-state index contributed by atoms with van der Waals surface area (Å²) < 4.78 is 11.0. The Balaban J connectivity index is 1.17. The van der Waals surface area contributed by atoms with Crippen molar-refractivity contribution in [1.29, 1.82) is 0 Å². The predicted molar refractivity (Wildman–Crippen MR) is 126 cm³/mol. The molecule has 0 aromatic heterocycles. The number of amides is 3. The average molecular weight is 467 g/mol. The summed E-state index contributed by atoms with van der Waals surface area (Å²) in [6, 6.07) is 16.2. The van der Waals surface area contributed by atoms with Crippen molar-refractivity contribution >= 4 is 17.7 Å². The number of nitrogens with zero attached hydrogens (tertiary/aromatic N) is 3. The third-order valence-electron chi connectivity index (χ3n) is 5.94. The van der Waals surface area contributed by atoms with Crippen LogP contribution >= 0.6 is 0 Å². The smallest absolute Gasteiger partial charge is 0.251 e. The molecule has 0 spiro atoms. The largest absolute Gasteiger partial charge is 0.457 e. The quantitative estimate of drug-likeness (QED) is 0.660. The van der Waals surface area contributed by atoms with Crippen LogP contribution in [0.4, 0.5) is 0 Å². The van der Waals surface area contributed by atoms with Gasteiger partial charge in [0.05, 0.1) is 26.3 Å². The van der Waals surface area contributed by atoms with E-state index >= 15 is 0 Å². The zero-order valence-corrected chi connectivity index (χ0v) is 19.2. The molecule has 0 aliphatic carbocycles. The lowest BCUT2D eigenvalue weighted by atomic mass is 10.2. The highest BCUT2D eigenvalue weighted by atomic mass is 16.5. The number of rotatable bonds is 7. The zero-order chi connectivity index (χ0) is 23.8. The van der Waals surface area contributed by atoms with E-state index in [2.05, 4.69) is 10.2 Å². The van der Waals surface area contributed by atoms with Gasteiger partial charge in [0.15, 0.2) is 0 Å². The normalized spacial score (nSPS) is 16.7. The lowest BCUT2D eigenvalue weighted by molar-refractivity contribution is -0.137. The second-order valence-electron chi connectivity index (χ2n) is 8.27. The molecule has 0 bridgehead atoms. The van der Waals surface area contributed by atoms with Crippen LogP contribution in [0.25, 0.3) is 0 Å². The molecule has 2 aromatic carbocycles. The standard InChI is InChI=1S/C25H30N4O5/c30-23(28-12-10-27(11-13-28)19-24(31)29-14-16-33-17-15-29)18-26-25(32)20-6-8-22(9-7-20)34-21-4-2-1-3-5-21/h1-9H,10-19H2,(H,26,32). The molecule has 2 saturated heterocycles. The van der Waals surface area contributed by atoms with Crippen LogP contribution < -0.4 is 10.1 Å². The van der Waals surface area contributed by atoms with Crippen molar-refractivity contribution < 1.29 is 23.9 Å². The highest BCUT2D eigenvalue weighted by Gasteiger charge is 2.25. The molecule has 2 aliphatic heterocycles. The minimum Gasteiger partial charge on any atom is -0.457 e. The number of piperazine rings is 1. The number of hydrogen-bond donors (Lipinski definition) is 1. The Hall–Kier alpha value is -3.43. The number of carbonyl (C=O) groups is 3. The van der Waals surface area contributed by atoms with Gasteiger partial charge < -0.3 is 24.6 Å². The first-order valence-corrected chi connectivity index (χ1v) is 11.6. The molecule has 180 valence electrons. The minimum absolute atomic E-state index is 0.0617. The van der Waals surface area contributed by atoms with E-state index in [1.54, 1.807) is 29.2 Å². The molecule has 0 saturated carbocycles. The van der Waals surface area contributed by atoms with E-state index in [4.69, 9.17) is 9.47 Å². The van der Waals surface area contributed by atoms with Crippen molar-refractivity contribution in [3.8, 4) is 11.5 Å². The van der Waals surface area contributed by atoms with Gasteiger partial charge in [-0.15, -0.1) is 0 Å². The Kier molecular flexibility index (Phi) is 8.11. The first-order valence-electron chi connectivity index (χ1n) is 11.6. The van der Waals surface area contributed by atoms with Gasteiger partial charge in [0, 0.05) is 44.8 Å². The minimum atomic E-state index is -0.311. The molecule has 4 rings (SSSR count). The molecule has 2 fully saturated rings. The summed E-state index contributed by atoms with van der Waals surface area (Å²) in [5.74, 6) is 1.01. The van der Waals surface area contributed by atoms with Gasteiger partial charge in [-0.3, -0.25) is 19.3 Å². The fourth-order valence-electron chi connectivity index (χ4n) is 3.93. The number of ether oxygens (including phenoxy) is 2. The lowest BCUT2D eigenvalue weighted by Crippen LogP contribution is -2.54. The maximum Gasteiger partial charge on any atom is 0.251 e. The van der Waals surface area contributed by atoms with Gasteiger partial charge in [0.1, 0.15) is 11.5 Å². The van der Waals surface area contributed by atoms with Gasteiger partial charge in [-0.25, -0.2) is 0 Å². The van der Waals surface area contributed by atoms with Crippen LogP contribution in [0, 0.1) is 0 Å². The summed E-state index contributed by atoms with van der Waals surface area (Å²) in [6.07, 6.45) is 0. The van der Waals surface area contributed by atoms with Gasteiger partial charge in [0.2, 0.25) is 11.8 Å². The van der Waals surface area contributed by atoms with Crippen LogP contribution in [-0.2, 0) is 14.3 Å². The van der Waals surface area contributed by atoms with E-state index in [0.717, 1.165) is 5.75 Å². The van der Waals surface area contributed by atoms with Crippen molar-refractivity contribution in [1.82, 2.24) is 20.0 Å². The first kappa shape index (κ1) is 23.7. The number of nitrogens with one attached hydrogen (secondary N) is 1. The lowest BCUT2D eigenvalue weighted by Gasteiger charge is -2.36. The highest BCUT2D eigenvalue weighted by molar-refractivity contribution is 5.96. The molecule has 2 aromatic rings. The Morgan fingerprint density at radius 1 is 0.765 bits per heavy atom. The van der Waals surface area contributed by atoms with Crippen molar-refractivity contribution in [2.75, 3.05) is 65.6 Å². The molecule has 3 amide bonds. The number of morpholine rings is 1.